The van der Waals surface area contributed by atoms with E-state index in [0.717, 1.165) is 5.56 Å². The molecule has 1 aliphatic heterocycles. The number of nitrogens with zero attached hydrogens (tertiary/aromatic N) is 1. The van der Waals surface area contributed by atoms with Gasteiger partial charge in [-0.15, -0.1) is 3.89 Å². The number of amides is 1. The molecule has 0 radical (unpaired) electrons. The fourth-order valence-electron chi connectivity index (χ4n) is 1.84. The van der Waals surface area contributed by atoms with Crippen LogP contribution in [0.4, 0.5) is 9.57 Å². The molecule has 1 fully saturated rings. The van der Waals surface area contributed by atoms with Crippen LogP contribution in [0.25, 0.3) is 0 Å². The second-order valence-corrected chi connectivity index (χ2v) is 5.76. The summed E-state index contributed by atoms with van der Waals surface area (Å²) in [6, 6.07) is 7.08. The average Bonchev–Trinajstić information content (AvgIpc) is 2.61. The zero-order chi connectivity index (χ0) is 12.6. The Hall–Kier alpha value is -1.43. The van der Waals surface area contributed by atoms with Crippen molar-refractivity contribution in [3.63, 3.8) is 0 Å². The summed E-state index contributed by atoms with van der Waals surface area (Å²) in [5.41, 5.74) is 1.64. The van der Waals surface area contributed by atoms with Crippen LogP contribution in [-0.4, -0.2) is 26.1 Å². The van der Waals surface area contributed by atoms with Crippen LogP contribution in [-0.2, 0) is 15.0 Å². The fourth-order valence-corrected chi connectivity index (χ4v) is 2.51. The zero-order valence-corrected chi connectivity index (χ0v) is 10.1. The summed E-state index contributed by atoms with van der Waals surface area (Å²) < 4.78 is 34.3. The van der Waals surface area contributed by atoms with Gasteiger partial charge in [-0.1, -0.05) is 17.7 Å². The summed E-state index contributed by atoms with van der Waals surface area (Å²) in [7, 11) is -4.65. The van der Waals surface area contributed by atoms with Crippen LogP contribution in [0.1, 0.15) is 12.0 Å². The standard InChI is InChI=1S/C11H12FNO3S/c1-8-2-4-9(5-3-8)13-7-10(6-11(13)14)17(12,15)16/h2-5,10H,6-7H2,1H3. The van der Waals surface area contributed by atoms with E-state index in [4.69, 9.17) is 0 Å². The van der Waals surface area contributed by atoms with Gasteiger partial charge < -0.3 is 4.90 Å². The zero-order valence-electron chi connectivity index (χ0n) is 9.26. The van der Waals surface area contributed by atoms with Crippen LogP contribution in [0, 0.1) is 6.92 Å². The molecule has 1 aliphatic rings. The van der Waals surface area contributed by atoms with Gasteiger partial charge in [0, 0.05) is 18.7 Å². The first-order valence-electron chi connectivity index (χ1n) is 5.18. The van der Waals surface area contributed by atoms with E-state index in [1.807, 2.05) is 19.1 Å². The van der Waals surface area contributed by atoms with Crippen LogP contribution in [0.3, 0.4) is 0 Å². The highest BCUT2D eigenvalue weighted by Gasteiger charge is 2.38. The third kappa shape index (κ3) is 2.46. The lowest BCUT2D eigenvalue weighted by molar-refractivity contribution is -0.117. The highest BCUT2D eigenvalue weighted by molar-refractivity contribution is 7.87. The Bertz CT molecular complexity index is 538. The maximum Gasteiger partial charge on any atom is 0.307 e. The largest absolute Gasteiger partial charge is 0.311 e. The van der Waals surface area contributed by atoms with E-state index in [9.17, 15) is 17.1 Å². The number of benzene rings is 1. The molecule has 1 amide bonds. The number of hydrogen-bond acceptors (Lipinski definition) is 3. The molecule has 92 valence electrons. The van der Waals surface area contributed by atoms with Crippen molar-refractivity contribution in [2.45, 2.75) is 18.6 Å². The van der Waals surface area contributed by atoms with Gasteiger partial charge in [0.15, 0.2) is 0 Å². The van der Waals surface area contributed by atoms with Gasteiger partial charge in [0.1, 0.15) is 5.25 Å². The number of halogens is 1. The molecule has 1 saturated heterocycles. The van der Waals surface area contributed by atoms with Crippen molar-refractivity contribution in [3.05, 3.63) is 29.8 Å². The van der Waals surface area contributed by atoms with E-state index in [2.05, 4.69) is 0 Å². The quantitative estimate of drug-likeness (QED) is 0.752. The number of anilines is 1. The van der Waals surface area contributed by atoms with Gasteiger partial charge >= 0.3 is 10.2 Å². The van der Waals surface area contributed by atoms with Gasteiger partial charge in [-0.05, 0) is 19.1 Å². The number of carbonyl (C=O) groups is 1. The molecule has 17 heavy (non-hydrogen) atoms. The maximum atomic E-state index is 12.8. The highest BCUT2D eigenvalue weighted by atomic mass is 32.3. The smallest absolute Gasteiger partial charge is 0.307 e. The molecule has 0 N–H and O–H groups in total. The minimum Gasteiger partial charge on any atom is -0.311 e. The Balaban J connectivity index is 2.24. The van der Waals surface area contributed by atoms with Gasteiger partial charge in [-0.25, -0.2) is 0 Å². The normalized spacial score (nSPS) is 20.9. The van der Waals surface area contributed by atoms with Gasteiger partial charge in [-0.2, -0.15) is 8.42 Å². The van der Waals surface area contributed by atoms with Crippen LogP contribution < -0.4 is 4.90 Å². The molecule has 1 unspecified atom stereocenters. The molecule has 0 spiro atoms. The van der Waals surface area contributed by atoms with Gasteiger partial charge in [0.25, 0.3) is 0 Å². The Morgan fingerprint density at radius 3 is 2.35 bits per heavy atom. The predicted octanol–water partition coefficient (Wildman–Crippen LogP) is 1.40. The fraction of sp³-hybridized carbons (Fsp3) is 0.364. The lowest BCUT2D eigenvalue weighted by Gasteiger charge is -2.16. The monoisotopic (exact) mass is 257 g/mol. The van der Waals surface area contributed by atoms with Gasteiger partial charge in [0.05, 0.1) is 0 Å². The Kier molecular flexibility index (Phi) is 2.91. The van der Waals surface area contributed by atoms with Crippen molar-refractivity contribution in [3.8, 4) is 0 Å². The van der Waals surface area contributed by atoms with Gasteiger partial charge in [-0.3, -0.25) is 4.79 Å². The number of hydrogen-bond donors (Lipinski definition) is 0. The first-order chi connectivity index (χ1) is 7.88. The van der Waals surface area contributed by atoms with E-state index < -0.39 is 15.5 Å². The van der Waals surface area contributed by atoms with Crippen molar-refractivity contribution in [1.29, 1.82) is 0 Å². The summed E-state index contributed by atoms with van der Waals surface area (Å²) >= 11 is 0. The SMILES string of the molecule is Cc1ccc(N2CC(S(=O)(=O)F)CC2=O)cc1. The Morgan fingerprint density at radius 2 is 1.88 bits per heavy atom. The minimum absolute atomic E-state index is 0.110. The summed E-state index contributed by atoms with van der Waals surface area (Å²) in [6.45, 7) is 1.80. The predicted molar refractivity (Wildman–Crippen MR) is 62.0 cm³/mol. The Morgan fingerprint density at radius 1 is 1.29 bits per heavy atom. The molecular weight excluding hydrogens is 245 g/mol. The number of aryl methyl sites for hydroxylation is 1. The maximum absolute atomic E-state index is 12.8. The summed E-state index contributed by atoms with van der Waals surface area (Å²) in [5, 5.41) is -1.24. The average molecular weight is 257 g/mol. The summed E-state index contributed by atoms with van der Waals surface area (Å²) in [5.74, 6) is -0.361. The molecule has 0 bridgehead atoms. The lowest BCUT2D eigenvalue weighted by Crippen LogP contribution is -2.26. The second-order valence-electron chi connectivity index (χ2n) is 4.14. The molecule has 0 aromatic heterocycles. The molecule has 6 heteroatoms. The molecule has 1 heterocycles. The van der Waals surface area contributed by atoms with Crippen LogP contribution in [0.2, 0.25) is 0 Å². The van der Waals surface area contributed by atoms with Crippen molar-refractivity contribution in [2.75, 3.05) is 11.4 Å². The van der Waals surface area contributed by atoms with Crippen LogP contribution in [0.15, 0.2) is 24.3 Å². The number of carbonyl (C=O) groups excluding carboxylic acids is 1. The van der Waals surface area contributed by atoms with E-state index >= 15 is 0 Å². The third-order valence-corrected chi connectivity index (χ3v) is 3.95. The molecule has 2 rings (SSSR count). The van der Waals surface area contributed by atoms with Gasteiger partial charge in [0.2, 0.25) is 5.91 Å². The van der Waals surface area contributed by atoms with E-state index in [1.54, 1.807) is 12.1 Å². The molecule has 0 saturated carbocycles. The van der Waals surface area contributed by atoms with Crippen molar-refractivity contribution in [1.82, 2.24) is 0 Å². The van der Waals surface area contributed by atoms with Crippen molar-refractivity contribution >= 4 is 21.8 Å². The first-order valence-corrected chi connectivity index (χ1v) is 6.63. The lowest BCUT2D eigenvalue weighted by atomic mass is 10.2. The van der Waals surface area contributed by atoms with Crippen LogP contribution >= 0.6 is 0 Å². The topological polar surface area (TPSA) is 54.5 Å². The molecular formula is C11H12FNO3S. The molecule has 0 aliphatic carbocycles. The van der Waals surface area contributed by atoms with E-state index in [1.165, 1.54) is 4.90 Å². The molecule has 1 atom stereocenters. The highest BCUT2D eigenvalue weighted by Crippen LogP contribution is 2.25. The minimum atomic E-state index is -4.65. The van der Waals surface area contributed by atoms with E-state index in [-0.39, 0.29) is 18.9 Å². The third-order valence-electron chi connectivity index (χ3n) is 2.83. The summed E-state index contributed by atoms with van der Waals surface area (Å²) in [4.78, 5) is 12.9. The molecule has 1 aromatic carbocycles. The summed E-state index contributed by atoms with van der Waals surface area (Å²) in [6.07, 6.45) is -0.285. The number of rotatable bonds is 2. The second kappa shape index (κ2) is 4.10. The Labute approximate surface area is 99.3 Å². The molecule has 1 aromatic rings. The molecule has 4 nitrogen and oxygen atoms in total. The van der Waals surface area contributed by atoms with E-state index in [0.29, 0.717) is 5.69 Å². The van der Waals surface area contributed by atoms with Crippen molar-refractivity contribution in [2.24, 2.45) is 0 Å². The van der Waals surface area contributed by atoms with Crippen molar-refractivity contribution < 1.29 is 17.1 Å². The first kappa shape index (κ1) is 12.0. The van der Waals surface area contributed by atoms with Crippen LogP contribution in [0.5, 0.6) is 0 Å².